The Balaban J connectivity index is 1.19. The minimum absolute atomic E-state index is 0.0838. The van der Waals surface area contributed by atoms with Gasteiger partial charge in [0.25, 0.3) is 11.8 Å². The summed E-state index contributed by atoms with van der Waals surface area (Å²) < 4.78 is 5.03. The number of ether oxygens (including phenoxy) is 1. The number of imide groups is 1. The van der Waals surface area contributed by atoms with E-state index in [1.165, 1.54) is 17.0 Å². The van der Waals surface area contributed by atoms with E-state index in [9.17, 15) is 24.0 Å². The second-order valence-electron chi connectivity index (χ2n) is 8.97. The van der Waals surface area contributed by atoms with Crippen molar-refractivity contribution in [1.29, 1.82) is 0 Å². The number of benzene rings is 2. The van der Waals surface area contributed by atoms with Gasteiger partial charge in [-0.25, -0.2) is 9.69 Å². The molecule has 2 aromatic carbocycles. The van der Waals surface area contributed by atoms with Crippen LogP contribution in [0, 0.1) is 23.7 Å². The monoisotopic (exact) mass is 473 g/mol. The van der Waals surface area contributed by atoms with Crippen LogP contribution in [-0.4, -0.2) is 36.2 Å². The highest BCUT2D eigenvalue weighted by molar-refractivity contribution is 6.23. The molecule has 9 nitrogen and oxygen atoms in total. The molecule has 35 heavy (non-hydrogen) atoms. The smallest absolute Gasteiger partial charge is 0.338 e. The average molecular weight is 473 g/mol. The Morgan fingerprint density at radius 1 is 0.943 bits per heavy atom. The first-order valence-electron chi connectivity index (χ1n) is 11.3. The summed E-state index contributed by atoms with van der Waals surface area (Å²) in [6.07, 6.45) is 2.94. The third-order valence-corrected chi connectivity index (χ3v) is 6.91. The van der Waals surface area contributed by atoms with Crippen molar-refractivity contribution in [3.63, 3.8) is 0 Å². The highest BCUT2D eigenvalue weighted by atomic mass is 16.5. The number of hydrogen-bond acceptors (Lipinski definition) is 6. The van der Waals surface area contributed by atoms with Gasteiger partial charge < -0.3 is 4.74 Å². The van der Waals surface area contributed by atoms with Crippen molar-refractivity contribution < 1.29 is 28.7 Å². The summed E-state index contributed by atoms with van der Waals surface area (Å²) in [6.45, 7) is 1.37. The van der Waals surface area contributed by atoms with Gasteiger partial charge in [0.2, 0.25) is 11.8 Å². The largest absolute Gasteiger partial charge is 0.452 e. The van der Waals surface area contributed by atoms with E-state index >= 15 is 0 Å². The van der Waals surface area contributed by atoms with Crippen molar-refractivity contribution in [2.75, 3.05) is 11.5 Å². The highest BCUT2D eigenvalue weighted by Crippen LogP contribution is 2.55. The standard InChI is InChI=1S/C26H23N3O6/c1-14-10-17-12-19(14)22-21(17)24(32)29(25(22)33)18-9-5-8-16(11-18)26(34)35-13-20(30)27-28-23(31)15-6-3-2-4-7-15/h2-11,17,19,21-22H,12-13H2,1H3,(H,27,30)(H,28,31)/t17-,19+,21-,22-/m0/s1. The molecule has 2 bridgehead atoms. The molecule has 9 heteroatoms. The van der Waals surface area contributed by atoms with E-state index in [1.54, 1.807) is 42.5 Å². The predicted molar refractivity (Wildman–Crippen MR) is 124 cm³/mol. The molecule has 2 aliphatic carbocycles. The van der Waals surface area contributed by atoms with Crippen LogP contribution in [0.4, 0.5) is 5.69 Å². The first-order valence-corrected chi connectivity index (χ1v) is 11.3. The van der Waals surface area contributed by atoms with Gasteiger partial charge >= 0.3 is 5.97 Å². The number of nitrogens with zero attached hydrogens (tertiary/aromatic N) is 1. The molecule has 0 unspecified atom stereocenters. The molecule has 1 saturated heterocycles. The number of nitrogens with one attached hydrogen (secondary N) is 2. The fraction of sp³-hybridized carbons (Fsp3) is 0.269. The number of fused-ring (bicyclic) bond motifs is 5. The lowest BCUT2D eigenvalue weighted by molar-refractivity contribution is -0.125. The van der Waals surface area contributed by atoms with Crippen molar-refractivity contribution in [3.8, 4) is 0 Å². The van der Waals surface area contributed by atoms with Gasteiger partial charge in [-0.1, -0.05) is 35.9 Å². The van der Waals surface area contributed by atoms with E-state index < -0.39 is 24.4 Å². The van der Waals surface area contributed by atoms with Gasteiger partial charge in [0, 0.05) is 5.56 Å². The maximum atomic E-state index is 13.1. The van der Waals surface area contributed by atoms with E-state index in [2.05, 4.69) is 16.9 Å². The van der Waals surface area contributed by atoms with Crippen LogP contribution in [0.25, 0.3) is 0 Å². The Morgan fingerprint density at radius 2 is 1.66 bits per heavy atom. The third kappa shape index (κ3) is 3.99. The zero-order valence-electron chi connectivity index (χ0n) is 18.9. The summed E-state index contributed by atoms with van der Waals surface area (Å²) in [5.41, 5.74) is 6.34. The summed E-state index contributed by atoms with van der Waals surface area (Å²) in [7, 11) is 0. The number of allylic oxidation sites excluding steroid dienone is 2. The minimum Gasteiger partial charge on any atom is -0.452 e. The molecule has 1 aliphatic heterocycles. The van der Waals surface area contributed by atoms with Gasteiger partial charge in [-0.3, -0.25) is 30.0 Å². The van der Waals surface area contributed by atoms with Crippen LogP contribution in [0.1, 0.15) is 34.1 Å². The van der Waals surface area contributed by atoms with E-state index in [4.69, 9.17) is 4.74 Å². The van der Waals surface area contributed by atoms with Crippen molar-refractivity contribution in [2.45, 2.75) is 13.3 Å². The van der Waals surface area contributed by atoms with Crippen LogP contribution in [-0.2, 0) is 19.1 Å². The number of carbonyl (C=O) groups is 5. The summed E-state index contributed by atoms with van der Waals surface area (Å²) in [4.78, 5) is 63.8. The number of hydrazine groups is 1. The molecule has 3 aliphatic rings. The Morgan fingerprint density at radius 3 is 2.43 bits per heavy atom. The first-order chi connectivity index (χ1) is 16.8. The molecular weight excluding hydrogens is 450 g/mol. The number of carbonyl (C=O) groups excluding carboxylic acids is 5. The molecule has 2 fully saturated rings. The molecule has 0 spiro atoms. The number of rotatable bonds is 5. The normalized spacial score (nSPS) is 24.1. The second kappa shape index (κ2) is 8.83. The van der Waals surface area contributed by atoms with Gasteiger partial charge in [0.1, 0.15) is 0 Å². The number of esters is 1. The Hall–Kier alpha value is -4.27. The molecule has 4 amide bonds. The first kappa shape index (κ1) is 22.5. The Kier molecular flexibility index (Phi) is 5.68. The van der Waals surface area contributed by atoms with Crippen molar-refractivity contribution in [1.82, 2.24) is 10.9 Å². The van der Waals surface area contributed by atoms with Gasteiger partial charge in [0.15, 0.2) is 6.61 Å². The number of anilines is 1. The zero-order chi connectivity index (χ0) is 24.7. The molecule has 2 N–H and O–H groups in total. The topological polar surface area (TPSA) is 122 Å². The number of hydrogen-bond donors (Lipinski definition) is 2. The fourth-order valence-electron chi connectivity index (χ4n) is 5.34. The Bertz CT molecular complexity index is 1270. The van der Waals surface area contributed by atoms with Crippen molar-refractivity contribution in [2.24, 2.45) is 23.7 Å². The minimum atomic E-state index is -0.798. The van der Waals surface area contributed by atoms with Crippen LogP contribution >= 0.6 is 0 Å². The van der Waals surface area contributed by atoms with Crippen LogP contribution in [0.5, 0.6) is 0 Å². The maximum Gasteiger partial charge on any atom is 0.338 e. The van der Waals surface area contributed by atoms with E-state index in [0.29, 0.717) is 11.3 Å². The molecule has 5 rings (SSSR count). The van der Waals surface area contributed by atoms with E-state index in [0.717, 1.165) is 12.0 Å². The van der Waals surface area contributed by atoms with Crippen molar-refractivity contribution in [3.05, 3.63) is 77.4 Å². The molecular formula is C26H23N3O6. The predicted octanol–water partition coefficient (Wildman–Crippen LogP) is 2.01. The highest BCUT2D eigenvalue weighted by Gasteiger charge is 2.60. The van der Waals surface area contributed by atoms with Gasteiger partial charge in [-0.2, -0.15) is 0 Å². The summed E-state index contributed by atoms with van der Waals surface area (Å²) in [5.74, 6) is -3.02. The summed E-state index contributed by atoms with van der Waals surface area (Å²) in [5, 5.41) is 0. The van der Waals surface area contributed by atoms with E-state index in [-0.39, 0.29) is 41.0 Å². The van der Waals surface area contributed by atoms with Crippen LogP contribution in [0.2, 0.25) is 0 Å². The molecule has 178 valence electrons. The fourth-order valence-corrected chi connectivity index (χ4v) is 5.34. The Labute approximate surface area is 201 Å². The molecule has 4 atom stereocenters. The van der Waals surface area contributed by atoms with Gasteiger partial charge in [-0.15, -0.1) is 0 Å². The molecule has 1 heterocycles. The summed E-state index contributed by atoms with van der Waals surface area (Å²) >= 11 is 0. The quantitative estimate of drug-likeness (QED) is 0.297. The van der Waals surface area contributed by atoms with Crippen molar-refractivity contribution >= 4 is 35.3 Å². The van der Waals surface area contributed by atoms with Gasteiger partial charge in [-0.05, 0) is 55.5 Å². The SMILES string of the molecule is CC1=C[C@H]2C[C@H]1[C@@H]1C(=O)N(c3cccc(C(=O)OCC(=O)NNC(=O)c4ccccc4)c3)C(=O)[C@H]12. The third-order valence-electron chi connectivity index (χ3n) is 6.91. The van der Waals surface area contributed by atoms with Crippen LogP contribution in [0.3, 0.4) is 0 Å². The second-order valence-corrected chi connectivity index (χ2v) is 8.97. The molecule has 0 radical (unpaired) electrons. The zero-order valence-corrected chi connectivity index (χ0v) is 18.9. The lowest BCUT2D eigenvalue weighted by Gasteiger charge is -2.19. The summed E-state index contributed by atoms with van der Waals surface area (Å²) in [6, 6.07) is 14.3. The number of amides is 4. The average Bonchev–Trinajstić information content (AvgIpc) is 3.51. The maximum absolute atomic E-state index is 13.1. The van der Waals surface area contributed by atoms with E-state index in [1.807, 2.05) is 6.92 Å². The molecule has 2 aromatic rings. The van der Waals surface area contributed by atoms with Crippen LogP contribution < -0.4 is 15.8 Å². The molecule has 1 saturated carbocycles. The van der Waals surface area contributed by atoms with Gasteiger partial charge in [0.05, 0.1) is 23.1 Å². The van der Waals surface area contributed by atoms with Crippen LogP contribution in [0.15, 0.2) is 66.2 Å². The lowest BCUT2D eigenvalue weighted by atomic mass is 9.82. The lowest BCUT2D eigenvalue weighted by Crippen LogP contribution is -2.43. The molecule has 0 aromatic heterocycles.